The first-order valence-corrected chi connectivity index (χ1v) is 6.19. The SMILES string of the molecule is NS(=O)(=O)c1cc(CCl)ccc1Br. The fourth-order valence-corrected chi connectivity index (χ4v) is 2.59. The van der Waals surface area contributed by atoms with Gasteiger partial charge in [0.25, 0.3) is 0 Å². The van der Waals surface area contributed by atoms with Crippen LogP contribution in [0, 0.1) is 0 Å². The number of benzene rings is 1. The summed E-state index contributed by atoms with van der Waals surface area (Å²) in [5, 5.41) is 4.98. The van der Waals surface area contributed by atoms with Gasteiger partial charge in [-0.1, -0.05) is 6.07 Å². The zero-order valence-corrected chi connectivity index (χ0v) is 9.66. The van der Waals surface area contributed by atoms with Gasteiger partial charge < -0.3 is 0 Å². The topological polar surface area (TPSA) is 60.2 Å². The monoisotopic (exact) mass is 283 g/mol. The Labute approximate surface area is 90.1 Å². The Morgan fingerprint density at radius 2 is 2.08 bits per heavy atom. The maximum Gasteiger partial charge on any atom is 0.239 e. The quantitative estimate of drug-likeness (QED) is 0.842. The Morgan fingerprint density at radius 3 is 2.54 bits per heavy atom. The molecular weight excluding hydrogens is 278 g/mol. The summed E-state index contributed by atoms with van der Waals surface area (Å²) in [4.78, 5) is 0.0608. The van der Waals surface area contributed by atoms with Crippen molar-refractivity contribution in [2.24, 2.45) is 5.14 Å². The molecule has 0 heterocycles. The number of rotatable bonds is 2. The number of hydrogen-bond donors (Lipinski definition) is 1. The summed E-state index contributed by atoms with van der Waals surface area (Å²) in [6, 6.07) is 4.79. The average molecular weight is 285 g/mol. The van der Waals surface area contributed by atoms with Crippen LogP contribution >= 0.6 is 27.5 Å². The normalized spacial score (nSPS) is 11.6. The summed E-state index contributed by atoms with van der Waals surface area (Å²) in [5.74, 6) is 0.260. The Bertz CT molecular complexity index is 419. The molecule has 0 aliphatic carbocycles. The molecule has 0 bridgehead atoms. The van der Waals surface area contributed by atoms with Gasteiger partial charge in [0.15, 0.2) is 0 Å². The molecule has 0 radical (unpaired) electrons. The number of sulfonamides is 1. The van der Waals surface area contributed by atoms with Crippen LogP contribution in [0.1, 0.15) is 5.56 Å². The molecule has 1 aromatic carbocycles. The van der Waals surface area contributed by atoms with E-state index in [1.807, 2.05) is 0 Å². The van der Waals surface area contributed by atoms with Gasteiger partial charge in [-0.05, 0) is 33.6 Å². The summed E-state index contributed by atoms with van der Waals surface area (Å²) in [5.41, 5.74) is 0.717. The first-order valence-electron chi connectivity index (χ1n) is 3.32. The minimum atomic E-state index is -3.67. The molecule has 0 aliphatic heterocycles. The van der Waals surface area contributed by atoms with E-state index in [0.717, 1.165) is 0 Å². The third kappa shape index (κ3) is 2.67. The molecule has 0 spiro atoms. The van der Waals surface area contributed by atoms with Gasteiger partial charge in [-0.3, -0.25) is 0 Å². The van der Waals surface area contributed by atoms with Gasteiger partial charge in [0.1, 0.15) is 0 Å². The minimum Gasteiger partial charge on any atom is -0.225 e. The van der Waals surface area contributed by atoms with Crippen molar-refractivity contribution in [3.05, 3.63) is 28.2 Å². The van der Waals surface area contributed by atoms with Crippen molar-refractivity contribution in [1.82, 2.24) is 0 Å². The predicted molar refractivity (Wildman–Crippen MR) is 55.1 cm³/mol. The van der Waals surface area contributed by atoms with Gasteiger partial charge in [-0.15, -0.1) is 11.6 Å². The molecule has 72 valence electrons. The van der Waals surface area contributed by atoms with E-state index in [0.29, 0.717) is 10.0 Å². The summed E-state index contributed by atoms with van der Waals surface area (Å²) in [6.45, 7) is 0. The van der Waals surface area contributed by atoms with Crippen molar-refractivity contribution in [1.29, 1.82) is 0 Å². The minimum absolute atomic E-state index is 0.0608. The number of halogens is 2. The highest BCUT2D eigenvalue weighted by atomic mass is 79.9. The first kappa shape index (κ1) is 11.0. The Balaban J connectivity index is 3.36. The second kappa shape index (κ2) is 3.96. The molecule has 0 aromatic heterocycles. The lowest BCUT2D eigenvalue weighted by molar-refractivity contribution is 0.597. The fraction of sp³-hybridized carbons (Fsp3) is 0.143. The Kier molecular flexibility index (Phi) is 3.34. The molecule has 1 rings (SSSR count). The van der Waals surface area contributed by atoms with E-state index < -0.39 is 10.0 Å². The molecule has 0 atom stereocenters. The van der Waals surface area contributed by atoms with E-state index in [1.54, 1.807) is 12.1 Å². The van der Waals surface area contributed by atoms with E-state index in [1.165, 1.54) is 6.07 Å². The fourth-order valence-electron chi connectivity index (χ4n) is 0.849. The molecule has 6 heteroatoms. The van der Waals surface area contributed by atoms with Crippen molar-refractivity contribution in [3.63, 3.8) is 0 Å². The molecule has 0 amide bonds. The molecule has 0 unspecified atom stereocenters. The van der Waals surface area contributed by atoms with Crippen LogP contribution in [-0.4, -0.2) is 8.42 Å². The van der Waals surface area contributed by atoms with Gasteiger partial charge in [-0.25, -0.2) is 13.6 Å². The average Bonchev–Trinajstić information content (AvgIpc) is 2.03. The lowest BCUT2D eigenvalue weighted by atomic mass is 10.2. The Morgan fingerprint density at radius 1 is 1.46 bits per heavy atom. The van der Waals surface area contributed by atoms with Crippen molar-refractivity contribution in [2.75, 3.05) is 0 Å². The zero-order chi connectivity index (χ0) is 10.1. The van der Waals surface area contributed by atoms with Gasteiger partial charge in [0, 0.05) is 10.4 Å². The zero-order valence-electron chi connectivity index (χ0n) is 6.50. The van der Waals surface area contributed by atoms with E-state index >= 15 is 0 Å². The summed E-state index contributed by atoms with van der Waals surface area (Å²) in [7, 11) is -3.67. The number of nitrogens with two attached hydrogens (primary N) is 1. The highest BCUT2D eigenvalue weighted by Crippen LogP contribution is 2.22. The van der Waals surface area contributed by atoms with Gasteiger partial charge in [0.2, 0.25) is 10.0 Å². The van der Waals surface area contributed by atoms with Crippen LogP contribution in [0.15, 0.2) is 27.6 Å². The van der Waals surface area contributed by atoms with Crippen LogP contribution in [0.2, 0.25) is 0 Å². The van der Waals surface area contributed by atoms with Crippen LogP contribution in [-0.2, 0) is 15.9 Å². The van der Waals surface area contributed by atoms with Crippen LogP contribution < -0.4 is 5.14 Å². The van der Waals surface area contributed by atoms with Crippen molar-refractivity contribution < 1.29 is 8.42 Å². The molecule has 1 aromatic rings. The van der Waals surface area contributed by atoms with Crippen LogP contribution in [0.25, 0.3) is 0 Å². The van der Waals surface area contributed by atoms with Gasteiger partial charge in [0.05, 0.1) is 4.90 Å². The molecule has 0 saturated carbocycles. The maximum atomic E-state index is 11.0. The second-order valence-electron chi connectivity index (χ2n) is 2.44. The van der Waals surface area contributed by atoms with Crippen molar-refractivity contribution in [2.45, 2.75) is 10.8 Å². The van der Waals surface area contributed by atoms with E-state index in [2.05, 4.69) is 15.9 Å². The summed E-state index contributed by atoms with van der Waals surface area (Å²) >= 11 is 8.64. The maximum absolute atomic E-state index is 11.0. The van der Waals surface area contributed by atoms with Gasteiger partial charge >= 0.3 is 0 Å². The molecular formula is C7H7BrClNO2S. The predicted octanol–water partition coefficient (Wildman–Crippen LogP) is 1.84. The summed E-state index contributed by atoms with van der Waals surface area (Å²) < 4.78 is 22.5. The second-order valence-corrected chi connectivity index (χ2v) is 5.09. The lowest BCUT2D eigenvalue weighted by Gasteiger charge is -2.03. The van der Waals surface area contributed by atoms with Crippen molar-refractivity contribution in [3.8, 4) is 0 Å². The molecule has 0 aliphatic rings. The largest absolute Gasteiger partial charge is 0.239 e. The smallest absolute Gasteiger partial charge is 0.225 e. The van der Waals surface area contributed by atoms with Crippen molar-refractivity contribution >= 4 is 37.6 Å². The first-order chi connectivity index (χ1) is 5.95. The standard InChI is InChI=1S/C7H7BrClNO2S/c8-6-2-1-5(4-9)3-7(6)13(10,11)12/h1-3H,4H2,(H2,10,11,12). The highest BCUT2D eigenvalue weighted by Gasteiger charge is 2.12. The van der Waals surface area contributed by atoms with E-state index in [4.69, 9.17) is 16.7 Å². The number of alkyl halides is 1. The summed E-state index contributed by atoms with van der Waals surface area (Å²) in [6.07, 6.45) is 0. The molecule has 13 heavy (non-hydrogen) atoms. The van der Waals surface area contributed by atoms with Crippen LogP contribution in [0.3, 0.4) is 0 Å². The third-order valence-electron chi connectivity index (χ3n) is 1.46. The van der Waals surface area contributed by atoms with Crippen LogP contribution in [0.5, 0.6) is 0 Å². The number of hydrogen-bond acceptors (Lipinski definition) is 2. The third-order valence-corrected chi connectivity index (χ3v) is 3.67. The Hall–Kier alpha value is -0.100. The lowest BCUT2D eigenvalue weighted by Crippen LogP contribution is -2.13. The molecule has 0 saturated heterocycles. The molecule has 2 N–H and O–H groups in total. The van der Waals surface area contributed by atoms with E-state index in [9.17, 15) is 8.42 Å². The molecule has 0 fully saturated rings. The van der Waals surface area contributed by atoms with E-state index in [-0.39, 0.29) is 10.8 Å². The molecule has 3 nitrogen and oxygen atoms in total. The van der Waals surface area contributed by atoms with Gasteiger partial charge in [-0.2, -0.15) is 0 Å². The number of primary sulfonamides is 1. The highest BCUT2D eigenvalue weighted by molar-refractivity contribution is 9.10. The van der Waals surface area contributed by atoms with Crippen LogP contribution in [0.4, 0.5) is 0 Å².